The third-order valence-corrected chi connectivity index (χ3v) is 4.64. The molecule has 1 aromatic heterocycles. The first-order valence-corrected chi connectivity index (χ1v) is 8.18. The smallest absolute Gasteiger partial charge is 0.257 e. The number of anilines is 1. The van der Waals surface area contributed by atoms with Crippen LogP contribution in [0.1, 0.15) is 42.5 Å². The highest BCUT2D eigenvalue weighted by Crippen LogP contribution is 2.25. The van der Waals surface area contributed by atoms with Gasteiger partial charge in [-0.05, 0) is 44.2 Å². The second-order valence-corrected chi connectivity index (χ2v) is 6.12. The van der Waals surface area contributed by atoms with Gasteiger partial charge in [-0.3, -0.25) is 4.79 Å². The number of nitrogens with zero attached hydrogens (tertiary/aromatic N) is 4. The van der Waals surface area contributed by atoms with Crippen LogP contribution < -0.4 is 4.90 Å². The average Bonchev–Trinajstić information content (AvgIpc) is 2.62. The predicted molar refractivity (Wildman–Crippen MR) is 84.5 cm³/mol. The molecule has 5 heteroatoms. The van der Waals surface area contributed by atoms with E-state index in [1.807, 2.05) is 17.0 Å². The van der Waals surface area contributed by atoms with Crippen LogP contribution in [0, 0.1) is 17.2 Å². The van der Waals surface area contributed by atoms with Crippen molar-refractivity contribution in [3.8, 4) is 6.07 Å². The van der Waals surface area contributed by atoms with E-state index in [9.17, 15) is 4.79 Å². The molecule has 0 unspecified atom stereocenters. The van der Waals surface area contributed by atoms with Crippen molar-refractivity contribution in [3.63, 3.8) is 0 Å². The highest BCUT2D eigenvalue weighted by atomic mass is 16.2. The van der Waals surface area contributed by atoms with Gasteiger partial charge in [0.05, 0.1) is 11.6 Å². The summed E-state index contributed by atoms with van der Waals surface area (Å²) in [5.74, 6) is 0.985. The minimum Gasteiger partial charge on any atom is -0.356 e. The Hall–Kier alpha value is -2.09. The summed E-state index contributed by atoms with van der Waals surface area (Å²) in [6.07, 6.45) is 6.91. The van der Waals surface area contributed by atoms with E-state index < -0.39 is 0 Å². The Morgan fingerprint density at radius 1 is 1.18 bits per heavy atom. The Morgan fingerprint density at radius 2 is 1.91 bits per heavy atom. The zero-order chi connectivity index (χ0) is 15.4. The average molecular weight is 298 g/mol. The topological polar surface area (TPSA) is 60.2 Å². The minimum absolute atomic E-state index is 0.0602. The van der Waals surface area contributed by atoms with E-state index in [4.69, 9.17) is 5.26 Å². The summed E-state index contributed by atoms with van der Waals surface area (Å²) in [7, 11) is 0. The standard InChI is InChI=1S/C17H22N4O/c18-13-14-6-11-21(12-7-14)17(22)15-5-4-8-19-16(15)20-9-2-1-3-10-20/h4-5,8,14H,1-3,6-7,9-12H2. The number of carbonyl (C=O) groups is 1. The number of aromatic nitrogens is 1. The molecule has 3 heterocycles. The van der Waals surface area contributed by atoms with Gasteiger partial charge in [0.1, 0.15) is 5.82 Å². The van der Waals surface area contributed by atoms with Gasteiger partial charge in [-0.15, -0.1) is 0 Å². The lowest BCUT2D eigenvalue weighted by Gasteiger charge is -2.32. The molecule has 0 aliphatic carbocycles. The fourth-order valence-electron chi connectivity index (χ4n) is 3.30. The van der Waals surface area contributed by atoms with Gasteiger partial charge in [-0.1, -0.05) is 0 Å². The maximum atomic E-state index is 12.8. The Morgan fingerprint density at radius 3 is 2.59 bits per heavy atom. The molecule has 22 heavy (non-hydrogen) atoms. The monoisotopic (exact) mass is 298 g/mol. The number of hydrogen-bond acceptors (Lipinski definition) is 4. The van der Waals surface area contributed by atoms with Gasteiger partial charge in [-0.2, -0.15) is 5.26 Å². The molecule has 0 radical (unpaired) electrons. The van der Waals surface area contributed by atoms with Gasteiger partial charge in [0.15, 0.2) is 0 Å². The predicted octanol–water partition coefficient (Wildman–Crippen LogP) is 2.45. The molecular formula is C17H22N4O. The molecule has 2 aliphatic heterocycles. The Balaban J connectivity index is 1.76. The second-order valence-electron chi connectivity index (χ2n) is 6.12. The number of carbonyl (C=O) groups excluding carboxylic acids is 1. The molecule has 0 aromatic carbocycles. The van der Waals surface area contributed by atoms with E-state index in [2.05, 4.69) is 16.0 Å². The lowest BCUT2D eigenvalue weighted by Crippen LogP contribution is -2.39. The lowest BCUT2D eigenvalue weighted by molar-refractivity contribution is 0.0707. The van der Waals surface area contributed by atoms with Crippen LogP contribution in [0.3, 0.4) is 0 Å². The summed E-state index contributed by atoms with van der Waals surface area (Å²) in [5.41, 5.74) is 0.708. The first-order chi connectivity index (χ1) is 10.8. The summed E-state index contributed by atoms with van der Waals surface area (Å²) in [5, 5.41) is 8.98. The van der Waals surface area contributed by atoms with Crippen LogP contribution in [0.5, 0.6) is 0 Å². The summed E-state index contributed by atoms with van der Waals surface area (Å²) in [6.45, 7) is 3.30. The molecule has 0 saturated carbocycles. The number of likely N-dealkylation sites (tertiary alicyclic amines) is 1. The highest BCUT2D eigenvalue weighted by Gasteiger charge is 2.27. The molecule has 3 rings (SSSR count). The molecule has 0 bridgehead atoms. The van der Waals surface area contributed by atoms with E-state index >= 15 is 0 Å². The molecule has 2 aliphatic rings. The van der Waals surface area contributed by atoms with Gasteiger partial charge in [-0.25, -0.2) is 4.98 Å². The largest absolute Gasteiger partial charge is 0.356 e. The van der Waals surface area contributed by atoms with E-state index in [0.717, 1.165) is 44.6 Å². The number of nitriles is 1. The van der Waals surface area contributed by atoms with Crippen molar-refractivity contribution in [1.82, 2.24) is 9.88 Å². The fraction of sp³-hybridized carbons (Fsp3) is 0.588. The van der Waals surface area contributed by atoms with Crippen molar-refractivity contribution in [2.45, 2.75) is 32.1 Å². The zero-order valence-corrected chi connectivity index (χ0v) is 12.9. The summed E-state index contributed by atoms with van der Waals surface area (Å²) >= 11 is 0. The van der Waals surface area contributed by atoms with Gasteiger partial charge < -0.3 is 9.80 Å². The van der Waals surface area contributed by atoms with E-state index in [-0.39, 0.29) is 11.8 Å². The second kappa shape index (κ2) is 6.78. The van der Waals surface area contributed by atoms with Crippen LogP contribution in [0.15, 0.2) is 18.3 Å². The first-order valence-electron chi connectivity index (χ1n) is 8.18. The number of amides is 1. The minimum atomic E-state index is 0.0602. The number of piperidine rings is 2. The third-order valence-electron chi connectivity index (χ3n) is 4.64. The SMILES string of the molecule is N#CC1CCN(C(=O)c2cccnc2N2CCCCC2)CC1. The van der Waals surface area contributed by atoms with Crippen molar-refractivity contribution in [2.24, 2.45) is 5.92 Å². The number of hydrogen-bond donors (Lipinski definition) is 0. The number of pyridine rings is 1. The van der Waals surface area contributed by atoms with Crippen molar-refractivity contribution >= 4 is 11.7 Å². The van der Waals surface area contributed by atoms with Crippen LogP contribution in [0.2, 0.25) is 0 Å². The Labute approximate surface area is 131 Å². The molecule has 2 fully saturated rings. The molecule has 5 nitrogen and oxygen atoms in total. The van der Waals surface area contributed by atoms with Crippen LogP contribution in [-0.2, 0) is 0 Å². The molecule has 1 amide bonds. The normalized spacial score (nSPS) is 19.8. The van der Waals surface area contributed by atoms with Crippen molar-refractivity contribution in [2.75, 3.05) is 31.1 Å². The maximum Gasteiger partial charge on any atom is 0.257 e. The summed E-state index contributed by atoms with van der Waals surface area (Å²) in [4.78, 5) is 21.4. The van der Waals surface area contributed by atoms with Crippen LogP contribution in [0.25, 0.3) is 0 Å². The molecule has 0 spiro atoms. The third kappa shape index (κ3) is 3.06. The van der Waals surface area contributed by atoms with E-state index in [1.165, 1.54) is 6.42 Å². The molecule has 0 atom stereocenters. The Bertz CT molecular complexity index is 566. The van der Waals surface area contributed by atoms with Gasteiger partial charge in [0, 0.05) is 38.3 Å². The summed E-state index contributed by atoms with van der Waals surface area (Å²) in [6, 6.07) is 6.03. The molecule has 1 aromatic rings. The van der Waals surface area contributed by atoms with E-state index in [1.54, 1.807) is 6.20 Å². The van der Waals surface area contributed by atoms with Gasteiger partial charge >= 0.3 is 0 Å². The maximum absolute atomic E-state index is 12.8. The molecule has 116 valence electrons. The van der Waals surface area contributed by atoms with Crippen LogP contribution in [-0.4, -0.2) is 42.0 Å². The zero-order valence-electron chi connectivity index (χ0n) is 12.9. The molecular weight excluding hydrogens is 276 g/mol. The van der Waals surface area contributed by atoms with Crippen molar-refractivity contribution in [3.05, 3.63) is 23.9 Å². The first kappa shape index (κ1) is 14.8. The number of rotatable bonds is 2. The summed E-state index contributed by atoms with van der Waals surface area (Å²) < 4.78 is 0. The van der Waals surface area contributed by atoms with Crippen LogP contribution in [0.4, 0.5) is 5.82 Å². The fourth-order valence-corrected chi connectivity index (χ4v) is 3.30. The van der Waals surface area contributed by atoms with Crippen molar-refractivity contribution < 1.29 is 4.79 Å². The lowest BCUT2D eigenvalue weighted by atomic mass is 9.98. The van der Waals surface area contributed by atoms with Crippen LogP contribution >= 0.6 is 0 Å². The molecule has 2 saturated heterocycles. The van der Waals surface area contributed by atoms with Gasteiger partial charge in [0.2, 0.25) is 0 Å². The van der Waals surface area contributed by atoms with E-state index in [0.29, 0.717) is 18.7 Å². The van der Waals surface area contributed by atoms with Crippen molar-refractivity contribution in [1.29, 1.82) is 5.26 Å². The highest BCUT2D eigenvalue weighted by molar-refractivity contribution is 5.99. The van der Waals surface area contributed by atoms with Gasteiger partial charge in [0.25, 0.3) is 5.91 Å². The quantitative estimate of drug-likeness (QED) is 0.841. The molecule has 0 N–H and O–H groups in total. The Kier molecular flexibility index (Phi) is 4.57.